The Bertz CT molecular complexity index is 1050. The number of urea groups is 1. The molecule has 5 heterocycles. The van der Waals surface area contributed by atoms with Gasteiger partial charge in [0, 0.05) is 49.3 Å². The Kier molecular flexibility index (Phi) is 7.29. The fourth-order valence-corrected chi connectivity index (χ4v) is 6.39. The van der Waals surface area contributed by atoms with E-state index in [2.05, 4.69) is 15.5 Å². The molecule has 2 bridgehead atoms. The molecule has 0 spiro atoms. The Morgan fingerprint density at radius 3 is 2.63 bits per heavy atom. The van der Waals surface area contributed by atoms with Gasteiger partial charge in [0.25, 0.3) is 0 Å². The van der Waals surface area contributed by atoms with Gasteiger partial charge in [0.05, 0.1) is 13.1 Å². The highest BCUT2D eigenvalue weighted by Crippen LogP contribution is 2.49. The van der Waals surface area contributed by atoms with Crippen molar-refractivity contribution in [3.8, 4) is 0 Å². The van der Waals surface area contributed by atoms with Crippen LogP contribution in [0.5, 0.6) is 0 Å². The Hall–Kier alpha value is -2.02. The second kappa shape index (κ2) is 9.79. The number of esters is 1. The van der Waals surface area contributed by atoms with Crippen molar-refractivity contribution in [2.45, 2.75) is 49.7 Å². The van der Waals surface area contributed by atoms with Crippen LogP contribution in [0.1, 0.15) is 37.7 Å². The van der Waals surface area contributed by atoms with Crippen LogP contribution in [0, 0.1) is 11.8 Å². The molecular formula is C23H27BrF2N4O4S. The summed E-state index contributed by atoms with van der Waals surface area (Å²) in [6, 6.07) is 4.66. The second-order valence-electron chi connectivity index (χ2n) is 9.67. The maximum Gasteiger partial charge on any atom is 0.422 e. The van der Waals surface area contributed by atoms with Gasteiger partial charge in [-0.2, -0.15) is 16.4 Å². The van der Waals surface area contributed by atoms with E-state index in [1.807, 2.05) is 0 Å². The van der Waals surface area contributed by atoms with Gasteiger partial charge in [-0.05, 0) is 35.4 Å². The molecule has 3 atom stereocenters. The van der Waals surface area contributed by atoms with Gasteiger partial charge < -0.3 is 26.8 Å². The number of rotatable bonds is 5. The predicted octanol–water partition coefficient (Wildman–Crippen LogP) is 0.549. The molecule has 4 aliphatic rings. The Balaban J connectivity index is 0.00000289. The lowest BCUT2D eigenvalue weighted by molar-refractivity contribution is -0.869. The average molecular weight is 573 g/mol. The number of piperidine rings is 3. The third kappa shape index (κ3) is 4.85. The van der Waals surface area contributed by atoms with Crippen molar-refractivity contribution in [1.29, 1.82) is 0 Å². The van der Waals surface area contributed by atoms with Gasteiger partial charge in [-0.1, -0.05) is 0 Å². The van der Waals surface area contributed by atoms with E-state index in [1.54, 1.807) is 29.0 Å². The first kappa shape index (κ1) is 26.1. The number of carbonyl (C=O) groups is 2. The molecule has 12 heteroatoms. The van der Waals surface area contributed by atoms with E-state index < -0.39 is 35.9 Å². The molecule has 4 fully saturated rings. The maximum absolute atomic E-state index is 14.0. The molecule has 8 nitrogen and oxygen atoms in total. The number of carbonyl (C=O) groups excluding carboxylic acids is 2. The SMILES string of the molecule is O=C(O[C@H]1C[N+]2(C(=O)Nc3cccnn3)CCC1CC2)C(O)(c1ccsc1)C1CCC(F)(F)C1.[Br-]. The largest absolute Gasteiger partial charge is 1.00 e. The van der Waals surface area contributed by atoms with Gasteiger partial charge in [0.1, 0.15) is 6.54 Å². The number of quaternary nitrogens is 1. The standard InChI is InChI=1S/C23H26F2N4O4S.BrH/c24-22(25)7-3-16(12-22)23(32,17-6-11-34-14-17)20(30)33-18-13-29(9-4-15(18)5-10-29)21(31)27-19-2-1-8-26-28-19;/h1-2,6,8,11,14-16,18,32H,3-5,7,9-10,12-13H2;1H/t15?,16?,18-,23?,29?;/m0./s1. The fraction of sp³-hybridized carbons (Fsp3) is 0.565. The summed E-state index contributed by atoms with van der Waals surface area (Å²) in [5.74, 6) is -4.35. The molecule has 2 aromatic rings. The van der Waals surface area contributed by atoms with Gasteiger partial charge in [-0.3, -0.25) is 5.32 Å². The molecular weight excluding hydrogens is 546 g/mol. The molecule has 35 heavy (non-hydrogen) atoms. The average Bonchev–Trinajstić information content (AvgIpc) is 3.50. The summed E-state index contributed by atoms with van der Waals surface area (Å²) in [6.45, 7) is 1.48. The molecule has 1 saturated carbocycles. The lowest BCUT2D eigenvalue weighted by Crippen LogP contribution is -3.00. The Morgan fingerprint density at radius 1 is 1.26 bits per heavy atom. The normalized spacial score (nSPS) is 30.7. The van der Waals surface area contributed by atoms with Crippen LogP contribution < -0.4 is 22.3 Å². The predicted molar refractivity (Wildman–Crippen MR) is 119 cm³/mol. The summed E-state index contributed by atoms with van der Waals surface area (Å²) in [7, 11) is 0. The lowest BCUT2D eigenvalue weighted by atomic mass is 9.80. The topological polar surface area (TPSA) is 101 Å². The van der Waals surface area contributed by atoms with Crippen LogP contribution in [0.3, 0.4) is 0 Å². The van der Waals surface area contributed by atoms with Crippen LogP contribution >= 0.6 is 11.3 Å². The molecule has 3 saturated heterocycles. The van der Waals surface area contributed by atoms with E-state index in [0.29, 0.717) is 31.7 Å². The Labute approximate surface area is 216 Å². The minimum Gasteiger partial charge on any atom is -1.00 e. The number of halogens is 3. The summed E-state index contributed by atoms with van der Waals surface area (Å²) in [6.07, 6.45) is 1.39. The molecule has 6 rings (SSSR count). The number of thiophene rings is 1. The summed E-state index contributed by atoms with van der Waals surface area (Å²) in [5.41, 5.74) is -1.85. The number of hydrogen-bond acceptors (Lipinski definition) is 7. The summed E-state index contributed by atoms with van der Waals surface area (Å²) in [4.78, 5) is 26.6. The van der Waals surface area contributed by atoms with Crippen LogP contribution in [0.4, 0.5) is 19.4 Å². The van der Waals surface area contributed by atoms with E-state index in [9.17, 15) is 23.5 Å². The number of hydrogen-bond donors (Lipinski definition) is 2. The van der Waals surface area contributed by atoms with Crippen molar-refractivity contribution in [1.82, 2.24) is 10.2 Å². The van der Waals surface area contributed by atoms with Crippen LogP contribution in [-0.4, -0.2) is 63.4 Å². The molecule has 190 valence electrons. The number of nitrogens with one attached hydrogen (secondary N) is 1. The minimum absolute atomic E-state index is 0. The molecule has 0 aromatic carbocycles. The van der Waals surface area contributed by atoms with Gasteiger partial charge in [-0.25, -0.2) is 22.9 Å². The van der Waals surface area contributed by atoms with Gasteiger partial charge in [0.2, 0.25) is 5.92 Å². The first-order valence-corrected chi connectivity index (χ1v) is 12.5. The van der Waals surface area contributed by atoms with Crippen molar-refractivity contribution in [2.75, 3.05) is 25.0 Å². The number of aromatic nitrogens is 2. The third-order valence-electron chi connectivity index (χ3n) is 7.67. The maximum atomic E-state index is 14.0. The first-order chi connectivity index (χ1) is 16.2. The molecule has 2 N–H and O–H groups in total. The minimum atomic E-state index is -2.92. The van der Waals surface area contributed by atoms with E-state index in [0.717, 1.165) is 0 Å². The van der Waals surface area contributed by atoms with E-state index in [1.165, 1.54) is 17.5 Å². The fourth-order valence-electron chi connectivity index (χ4n) is 5.68. The van der Waals surface area contributed by atoms with Gasteiger partial charge in [-0.15, -0.1) is 5.10 Å². The Morgan fingerprint density at radius 2 is 2.03 bits per heavy atom. The number of alkyl halides is 2. The molecule has 1 aliphatic carbocycles. The van der Waals surface area contributed by atoms with Crippen molar-refractivity contribution in [3.63, 3.8) is 0 Å². The second-order valence-corrected chi connectivity index (χ2v) is 10.4. The van der Waals surface area contributed by atoms with Crippen molar-refractivity contribution >= 4 is 29.2 Å². The summed E-state index contributed by atoms with van der Waals surface area (Å²) in [5, 5.41) is 25.3. The quantitative estimate of drug-likeness (QED) is 0.401. The highest BCUT2D eigenvalue weighted by atomic mass is 79.9. The zero-order valence-corrected chi connectivity index (χ0v) is 21.3. The van der Waals surface area contributed by atoms with E-state index in [-0.39, 0.29) is 58.4 Å². The van der Waals surface area contributed by atoms with Crippen molar-refractivity contribution < 1.29 is 49.7 Å². The van der Waals surface area contributed by atoms with E-state index in [4.69, 9.17) is 4.74 Å². The zero-order valence-electron chi connectivity index (χ0n) is 18.9. The van der Waals surface area contributed by atoms with Crippen LogP contribution in [-0.2, 0) is 15.1 Å². The van der Waals surface area contributed by atoms with Crippen molar-refractivity contribution in [2.24, 2.45) is 11.8 Å². The molecule has 3 aliphatic heterocycles. The summed E-state index contributed by atoms with van der Waals surface area (Å²) >= 11 is 1.28. The number of anilines is 1. The van der Waals surface area contributed by atoms with Crippen LogP contribution in [0.25, 0.3) is 0 Å². The third-order valence-corrected chi connectivity index (χ3v) is 8.36. The monoisotopic (exact) mass is 572 g/mol. The molecule has 0 radical (unpaired) electrons. The van der Waals surface area contributed by atoms with E-state index >= 15 is 0 Å². The highest BCUT2D eigenvalue weighted by Gasteiger charge is 2.57. The van der Waals surface area contributed by atoms with Crippen LogP contribution in [0.2, 0.25) is 0 Å². The summed E-state index contributed by atoms with van der Waals surface area (Å²) < 4.78 is 34.0. The number of fused-ring (bicyclic) bond motifs is 3. The highest BCUT2D eigenvalue weighted by molar-refractivity contribution is 7.08. The number of nitrogens with zero attached hydrogens (tertiary/aromatic N) is 3. The number of amides is 2. The molecule has 2 aromatic heterocycles. The van der Waals surface area contributed by atoms with Crippen molar-refractivity contribution in [3.05, 3.63) is 40.7 Å². The lowest BCUT2D eigenvalue weighted by Gasteiger charge is -2.49. The molecule has 2 unspecified atom stereocenters. The number of aliphatic hydroxyl groups is 1. The smallest absolute Gasteiger partial charge is 0.422 e. The van der Waals surface area contributed by atoms with Crippen LogP contribution in [0.15, 0.2) is 35.2 Å². The zero-order chi connectivity index (χ0) is 24.0. The number of ether oxygens (including phenoxy) is 1. The van der Waals surface area contributed by atoms with Gasteiger partial charge in [0.15, 0.2) is 17.5 Å². The van der Waals surface area contributed by atoms with Gasteiger partial charge >= 0.3 is 12.0 Å². The first-order valence-electron chi connectivity index (χ1n) is 11.5. The molecule has 2 amide bonds.